The molecule has 2 unspecified atom stereocenters. The Balaban J connectivity index is 2.44. The minimum Gasteiger partial charge on any atom is -0.462 e. The van der Waals surface area contributed by atoms with Crippen molar-refractivity contribution in [3.63, 3.8) is 0 Å². The quantitative estimate of drug-likeness (QED) is 0.573. The minimum atomic E-state index is -0.352. The maximum absolute atomic E-state index is 11.9. The highest BCUT2D eigenvalue weighted by molar-refractivity contribution is 5.93. The molecule has 0 N–H and O–H groups in total. The van der Waals surface area contributed by atoms with E-state index in [1.54, 1.807) is 24.3 Å². The highest BCUT2D eigenvalue weighted by Gasteiger charge is 2.12. The van der Waals surface area contributed by atoms with E-state index in [9.17, 15) is 9.59 Å². The fraction of sp³-hybridized carbons (Fsp3) is 0.600. The summed E-state index contributed by atoms with van der Waals surface area (Å²) >= 11 is 0. The van der Waals surface area contributed by atoms with Crippen LogP contribution in [0.5, 0.6) is 0 Å². The molecule has 0 aromatic heterocycles. The zero-order chi connectivity index (χ0) is 17.9. The second kappa shape index (κ2) is 10.8. The zero-order valence-corrected chi connectivity index (χ0v) is 15.3. The van der Waals surface area contributed by atoms with Gasteiger partial charge in [-0.05, 0) is 48.9 Å². The maximum Gasteiger partial charge on any atom is 0.338 e. The molecule has 134 valence electrons. The van der Waals surface area contributed by atoms with Crippen LogP contribution in [0.15, 0.2) is 24.3 Å². The predicted molar refractivity (Wildman–Crippen MR) is 95.2 cm³/mol. The predicted octanol–water partition coefficient (Wildman–Crippen LogP) is 4.87. The number of carbonyl (C=O) groups is 2. The molecule has 0 saturated heterocycles. The SMILES string of the molecule is CCC(C)CCOC(=O)c1ccc(C(=O)OCCC(C)CC)cc1. The van der Waals surface area contributed by atoms with Crippen molar-refractivity contribution in [1.29, 1.82) is 0 Å². The third-order valence-corrected chi connectivity index (χ3v) is 4.44. The van der Waals surface area contributed by atoms with E-state index >= 15 is 0 Å². The molecule has 0 heterocycles. The number of benzene rings is 1. The maximum atomic E-state index is 11.9. The van der Waals surface area contributed by atoms with Gasteiger partial charge in [-0.1, -0.05) is 40.5 Å². The fourth-order valence-corrected chi connectivity index (χ4v) is 2.02. The minimum absolute atomic E-state index is 0.352. The number of ether oxygens (including phenoxy) is 2. The Bertz CT molecular complexity index is 460. The van der Waals surface area contributed by atoms with Crippen LogP contribution < -0.4 is 0 Å². The lowest BCUT2D eigenvalue weighted by atomic mass is 10.1. The summed E-state index contributed by atoms with van der Waals surface area (Å²) in [5.74, 6) is 0.390. The van der Waals surface area contributed by atoms with E-state index in [-0.39, 0.29) is 11.9 Å². The summed E-state index contributed by atoms with van der Waals surface area (Å²) in [6.07, 6.45) is 3.88. The Labute approximate surface area is 145 Å². The van der Waals surface area contributed by atoms with Gasteiger partial charge in [0.1, 0.15) is 0 Å². The molecule has 24 heavy (non-hydrogen) atoms. The summed E-state index contributed by atoms with van der Waals surface area (Å²) in [6.45, 7) is 9.35. The Hall–Kier alpha value is -1.84. The average Bonchev–Trinajstić information content (AvgIpc) is 2.61. The Morgan fingerprint density at radius 2 is 1.12 bits per heavy atom. The molecule has 0 aliphatic heterocycles. The second-order valence-electron chi connectivity index (χ2n) is 6.45. The van der Waals surface area contributed by atoms with Gasteiger partial charge < -0.3 is 9.47 Å². The molecule has 1 aromatic carbocycles. The van der Waals surface area contributed by atoms with E-state index in [2.05, 4.69) is 27.7 Å². The van der Waals surface area contributed by atoms with E-state index in [1.165, 1.54) is 0 Å². The molecule has 0 radical (unpaired) electrons. The van der Waals surface area contributed by atoms with Crippen molar-refractivity contribution in [2.75, 3.05) is 13.2 Å². The van der Waals surface area contributed by atoms with Gasteiger partial charge in [-0.3, -0.25) is 0 Å². The third kappa shape index (κ3) is 7.16. The van der Waals surface area contributed by atoms with Gasteiger partial charge in [0, 0.05) is 0 Å². The van der Waals surface area contributed by atoms with Crippen LogP contribution in [-0.2, 0) is 9.47 Å². The van der Waals surface area contributed by atoms with Gasteiger partial charge >= 0.3 is 11.9 Å². The molecule has 0 aliphatic carbocycles. The first-order chi connectivity index (χ1) is 11.5. The monoisotopic (exact) mass is 334 g/mol. The van der Waals surface area contributed by atoms with E-state index < -0.39 is 0 Å². The molecule has 0 bridgehead atoms. The van der Waals surface area contributed by atoms with Crippen LogP contribution in [0.3, 0.4) is 0 Å². The van der Waals surface area contributed by atoms with Crippen LogP contribution in [-0.4, -0.2) is 25.2 Å². The molecule has 1 aromatic rings. The van der Waals surface area contributed by atoms with Crippen molar-refractivity contribution in [3.8, 4) is 0 Å². The zero-order valence-electron chi connectivity index (χ0n) is 15.3. The van der Waals surface area contributed by atoms with Gasteiger partial charge in [0.15, 0.2) is 0 Å². The van der Waals surface area contributed by atoms with Crippen LogP contribution in [0.25, 0.3) is 0 Å². The van der Waals surface area contributed by atoms with Crippen molar-refractivity contribution in [3.05, 3.63) is 35.4 Å². The molecule has 4 nitrogen and oxygen atoms in total. The Kier molecular flexibility index (Phi) is 9.13. The summed E-state index contributed by atoms with van der Waals surface area (Å²) < 4.78 is 10.5. The number of carbonyl (C=O) groups excluding carboxylic acids is 2. The molecule has 0 aliphatic rings. The van der Waals surface area contributed by atoms with Gasteiger partial charge in [-0.2, -0.15) is 0 Å². The van der Waals surface area contributed by atoms with Crippen LogP contribution in [0.4, 0.5) is 0 Å². The molecule has 4 heteroatoms. The van der Waals surface area contributed by atoms with E-state index in [1.807, 2.05) is 0 Å². The van der Waals surface area contributed by atoms with Crippen molar-refractivity contribution in [1.82, 2.24) is 0 Å². The molecule has 0 amide bonds. The molecular formula is C20H30O4. The second-order valence-corrected chi connectivity index (χ2v) is 6.45. The lowest BCUT2D eigenvalue weighted by molar-refractivity contribution is 0.0470. The molecule has 0 saturated carbocycles. The first-order valence-electron chi connectivity index (χ1n) is 8.92. The van der Waals surface area contributed by atoms with E-state index in [0.29, 0.717) is 36.2 Å². The largest absolute Gasteiger partial charge is 0.462 e. The van der Waals surface area contributed by atoms with Crippen molar-refractivity contribution in [2.45, 2.75) is 53.4 Å². The van der Waals surface area contributed by atoms with E-state index in [0.717, 1.165) is 25.7 Å². The van der Waals surface area contributed by atoms with Gasteiger partial charge in [-0.15, -0.1) is 0 Å². The van der Waals surface area contributed by atoms with Crippen molar-refractivity contribution in [2.24, 2.45) is 11.8 Å². The smallest absolute Gasteiger partial charge is 0.338 e. The van der Waals surface area contributed by atoms with Crippen LogP contribution in [0, 0.1) is 11.8 Å². The first kappa shape index (κ1) is 20.2. The van der Waals surface area contributed by atoms with Crippen molar-refractivity contribution >= 4 is 11.9 Å². The van der Waals surface area contributed by atoms with Gasteiger partial charge in [-0.25, -0.2) is 9.59 Å². The summed E-state index contributed by atoms with van der Waals surface area (Å²) in [6, 6.07) is 6.43. The summed E-state index contributed by atoms with van der Waals surface area (Å²) in [5.41, 5.74) is 0.908. The van der Waals surface area contributed by atoms with Gasteiger partial charge in [0.05, 0.1) is 24.3 Å². The normalized spacial score (nSPS) is 13.2. The summed E-state index contributed by atoms with van der Waals surface area (Å²) in [7, 11) is 0. The van der Waals surface area contributed by atoms with E-state index in [4.69, 9.17) is 9.47 Å². The van der Waals surface area contributed by atoms with Gasteiger partial charge in [0.2, 0.25) is 0 Å². The lowest BCUT2D eigenvalue weighted by Gasteiger charge is -2.10. The number of esters is 2. The average molecular weight is 334 g/mol. The lowest BCUT2D eigenvalue weighted by Crippen LogP contribution is -2.11. The third-order valence-electron chi connectivity index (χ3n) is 4.44. The van der Waals surface area contributed by atoms with Crippen LogP contribution in [0.1, 0.15) is 74.1 Å². The topological polar surface area (TPSA) is 52.6 Å². The molecule has 0 fully saturated rings. The van der Waals surface area contributed by atoms with Crippen molar-refractivity contribution < 1.29 is 19.1 Å². The first-order valence-corrected chi connectivity index (χ1v) is 8.92. The molecule has 2 atom stereocenters. The Morgan fingerprint density at radius 3 is 1.42 bits per heavy atom. The fourth-order valence-electron chi connectivity index (χ4n) is 2.02. The van der Waals surface area contributed by atoms with Crippen LogP contribution >= 0.6 is 0 Å². The van der Waals surface area contributed by atoms with Crippen LogP contribution in [0.2, 0.25) is 0 Å². The molecule has 1 rings (SSSR count). The summed E-state index contributed by atoms with van der Waals surface area (Å²) in [4.78, 5) is 23.9. The number of hydrogen-bond donors (Lipinski definition) is 0. The standard InChI is InChI=1S/C20H30O4/c1-5-15(3)11-13-23-19(21)17-7-9-18(10-8-17)20(22)24-14-12-16(4)6-2/h7-10,15-16H,5-6,11-14H2,1-4H3. The van der Waals surface area contributed by atoms with Gasteiger partial charge in [0.25, 0.3) is 0 Å². The molecule has 0 spiro atoms. The highest BCUT2D eigenvalue weighted by atomic mass is 16.5. The highest BCUT2D eigenvalue weighted by Crippen LogP contribution is 2.11. The Morgan fingerprint density at radius 1 is 0.792 bits per heavy atom. The number of rotatable bonds is 10. The number of hydrogen-bond acceptors (Lipinski definition) is 4. The molecular weight excluding hydrogens is 304 g/mol. The summed E-state index contributed by atoms with van der Waals surface area (Å²) in [5, 5.41) is 0.